The number of hydrogen-bond donors (Lipinski definition) is 1. The summed E-state index contributed by atoms with van der Waals surface area (Å²) in [4.78, 5) is 4.38. The highest BCUT2D eigenvalue weighted by atomic mass is 16.5. The summed E-state index contributed by atoms with van der Waals surface area (Å²) >= 11 is 0. The summed E-state index contributed by atoms with van der Waals surface area (Å²) in [6.45, 7) is 2.51. The van der Waals surface area contributed by atoms with Crippen LogP contribution in [0.2, 0.25) is 0 Å². The average molecular weight is 268 g/mol. The summed E-state index contributed by atoms with van der Waals surface area (Å²) < 4.78 is 6.19. The van der Waals surface area contributed by atoms with Gasteiger partial charge in [-0.2, -0.15) is 0 Å². The van der Waals surface area contributed by atoms with Crippen molar-refractivity contribution in [2.75, 3.05) is 0 Å². The lowest BCUT2D eigenvalue weighted by atomic mass is 9.89. The van der Waals surface area contributed by atoms with Crippen LogP contribution in [0.3, 0.4) is 0 Å². The molecule has 1 atom stereocenters. The summed E-state index contributed by atoms with van der Waals surface area (Å²) in [6.07, 6.45) is 5.22. The van der Waals surface area contributed by atoms with E-state index in [1.165, 1.54) is 11.1 Å². The number of fused-ring (bicyclic) bond motifs is 1. The van der Waals surface area contributed by atoms with Crippen LogP contribution in [0.25, 0.3) is 0 Å². The van der Waals surface area contributed by atoms with Crippen molar-refractivity contribution >= 4 is 0 Å². The van der Waals surface area contributed by atoms with Crippen LogP contribution in [0.1, 0.15) is 41.2 Å². The molecular formula is C17H20N2O. The SMILES string of the molecule is Cc1ccnc(OC2CCCc3ccccc32)c1CN. The molecule has 104 valence electrons. The number of ether oxygens (including phenoxy) is 1. The Morgan fingerprint density at radius 3 is 3.00 bits per heavy atom. The zero-order valence-corrected chi connectivity index (χ0v) is 11.8. The third-order valence-corrected chi connectivity index (χ3v) is 4.02. The molecule has 1 heterocycles. The molecule has 0 saturated heterocycles. The molecule has 3 rings (SSSR count). The van der Waals surface area contributed by atoms with Crippen LogP contribution < -0.4 is 10.5 Å². The van der Waals surface area contributed by atoms with Gasteiger partial charge in [-0.15, -0.1) is 0 Å². The zero-order valence-electron chi connectivity index (χ0n) is 11.8. The lowest BCUT2D eigenvalue weighted by molar-refractivity contribution is 0.173. The first-order valence-corrected chi connectivity index (χ1v) is 7.18. The molecular weight excluding hydrogens is 248 g/mol. The number of nitrogens with zero attached hydrogens (tertiary/aromatic N) is 1. The Morgan fingerprint density at radius 2 is 2.15 bits per heavy atom. The van der Waals surface area contributed by atoms with Gasteiger partial charge < -0.3 is 10.5 Å². The van der Waals surface area contributed by atoms with Gasteiger partial charge in [0.1, 0.15) is 6.10 Å². The van der Waals surface area contributed by atoms with Gasteiger partial charge in [0.25, 0.3) is 0 Å². The van der Waals surface area contributed by atoms with Crippen molar-refractivity contribution in [3.63, 3.8) is 0 Å². The van der Waals surface area contributed by atoms with E-state index in [1.54, 1.807) is 6.20 Å². The van der Waals surface area contributed by atoms with Crippen molar-refractivity contribution in [3.05, 3.63) is 58.8 Å². The van der Waals surface area contributed by atoms with Gasteiger partial charge in [0.2, 0.25) is 5.88 Å². The topological polar surface area (TPSA) is 48.1 Å². The van der Waals surface area contributed by atoms with Gasteiger partial charge in [-0.3, -0.25) is 0 Å². The van der Waals surface area contributed by atoms with Crippen molar-refractivity contribution in [3.8, 4) is 5.88 Å². The number of rotatable bonds is 3. The maximum absolute atomic E-state index is 6.19. The Bertz CT molecular complexity index is 610. The van der Waals surface area contributed by atoms with Crippen LogP contribution in [-0.2, 0) is 13.0 Å². The lowest BCUT2D eigenvalue weighted by Crippen LogP contribution is -2.17. The van der Waals surface area contributed by atoms with Gasteiger partial charge in [0.15, 0.2) is 0 Å². The molecule has 3 heteroatoms. The van der Waals surface area contributed by atoms with Crippen LogP contribution in [-0.4, -0.2) is 4.98 Å². The van der Waals surface area contributed by atoms with Crippen LogP contribution in [0.4, 0.5) is 0 Å². The molecule has 3 nitrogen and oxygen atoms in total. The van der Waals surface area contributed by atoms with Gasteiger partial charge in [-0.05, 0) is 48.9 Å². The largest absolute Gasteiger partial charge is 0.469 e. The van der Waals surface area contributed by atoms with Crippen molar-refractivity contribution < 1.29 is 4.74 Å². The smallest absolute Gasteiger partial charge is 0.218 e. The van der Waals surface area contributed by atoms with Crippen molar-refractivity contribution in [1.82, 2.24) is 4.98 Å². The molecule has 0 fully saturated rings. The lowest BCUT2D eigenvalue weighted by Gasteiger charge is -2.26. The molecule has 1 aromatic heterocycles. The Balaban J connectivity index is 1.91. The van der Waals surface area contributed by atoms with E-state index in [0.29, 0.717) is 12.4 Å². The molecule has 1 unspecified atom stereocenters. The summed E-state index contributed by atoms with van der Waals surface area (Å²) in [5, 5.41) is 0. The van der Waals surface area contributed by atoms with Crippen molar-refractivity contribution in [1.29, 1.82) is 0 Å². The number of aryl methyl sites for hydroxylation is 2. The predicted molar refractivity (Wildman–Crippen MR) is 79.6 cm³/mol. The summed E-state index contributed by atoms with van der Waals surface area (Å²) in [5.41, 5.74) is 10.7. The van der Waals surface area contributed by atoms with Crippen LogP contribution in [0.5, 0.6) is 5.88 Å². The molecule has 1 aliphatic carbocycles. The summed E-state index contributed by atoms with van der Waals surface area (Å²) in [7, 11) is 0. The second kappa shape index (κ2) is 5.63. The molecule has 1 aliphatic rings. The highest BCUT2D eigenvalue weighted by molar-refractivity contribution is 5.36. The minimum Gasteiger partial charge on any atom is -0.469 e. The Labute approximate surface area is 119 Å². The van der Waals surface area contributed by atoms with E-state index in [9.17, 15) is 0 Å². The molecule has 2 N–H and O–H groups in total. The quantitative estimate of drug-likeness (QED) is 0.929. The van der Waals surface area contributed by atoms with Crippen LogP contribution >= 0.6 is 0 Å². The fourth-order valence-electron chi connectivity index (χ4n) is 2.88. The van der Waals surface area contributed by atoms with Crippen LogP contribution in [0, 0.1) is 6.92 Å². The number of nitrogens with two attached hydrogens (primary N) is 1. The highest BCUT2D eigenvalue weighted by Gasteiger charge is 2.22. The second-order valence-corrected chi connectivity index (χ2v) is 5.31. The van der Waals surface area contributed by atoms with Gasteiger partial charge in [-0.1, -0.05) is 24.3 Å². The average Bonchev–Trinajstić information content (AvgIpc) is 2.48. The first-order chi connectivity index (χ1) is 9.79. The van der Waals surface area contributed by atoms with Gasteiger partial charge in [0.05, 0.1) is 0 Å². The number of benzene rings is 1. The third-order valence-electron chi connectivity index (χ3n) is 4.02. The van der Waals surface area contributed by atoms with E-state index in [2.05, 4.69) is 29.2 Å². The molecule has 0 aliphatic heterocycles. The Hall–Kier alpha value is -1.87. The minimum atomic E-state index is 0.0968. The maximum Gasteiger partial charge on any atom is 0.218 e. The van der Waals surface area contributed by atoms with Gasteiger partial charge in [0, 0.05) is 18.3 Å². The standard InChI is InChI=1S/C17H20N2O/c1-12-9-10-19-17(15(12)11-18)20-16-8-4-6-13-5-2-3-7-14(13)16/h2-3,5,7,9-10,16H,4,6,8,11,18H2,1H3. The summed E-state index contributed by atoms with van der Waals surface area (Å²) in [5.74, 6) is 0.689. The molecule has 0 saturated carbocycles. The van der Waals surface area contributed by atoms with Crippen molar-refractivity contribution in [2.45, 2.75) is 38.8 Å². The third kappa shape index (κ3) is 2.41. The number of aromatic nitrogens is 1. The Morgan fingerprint density at radius 1 is 1.30 bits per heavy atom. The van der Waals surface area contributed by atoms with E-state index in [0.717, 1.165) is 30.4 Å². The first kappa shape index (κ1) is 13.1. The summed E-state index contributed by atoms with van der Waals surface area (Å²) in [6, 6.07) is 10.5. The van der Waals surface area contributed by atoms with E-state index in [4.69, 9.17) is 10.5 Å². The zero-order chi connectivity index (χ0) is 13.9. The second-order valence-electron chi connectivity index (χ2n) is 5.31. The normalized spacial score (nSPS) is 17.6. The predicted octanol–water partition coefficient (Wildman–Crippen LogP) is 3.31. The van der Waals surface area contributed by atoms with E-state index < -0.39 is 0 Å². The van der Waals surface area contributed by atoms with Crippen molar-refractivity contribution in [2.24, 2.45) is 5.73 Å². The Kier molecular flexibility index (Phi) is 3.70. The minimum absolute atomic E-state index is 0.0968. The van der Waals surface area contributed by atoms with Gasteiger partial charge >= 0.3 is 0 Å². The maximum atomic E-state index is 6.19. The fraction of sp³-hybridized carbons (Fsp3) is 0.353. The van der Waals surface area contributed by atoms with E-state index in [-0.39, 0.29) is 6.10 Å². The van der Waals surface area contributed by atoms with E-state index >= 15 is 0 Å². The molecule has 20 heavy (non-hydrogen) atoms. The molecule has 0 radical (unpaired) electrons. The highest BCUT2D eigenvalue weighted by Crippen LogP contribution is 2.34. The van der Waals surface area contributed by atoms with Crippen LogP contribution in [0.15, 0.2) is 36.5 Å². The molecule has 0 bridgehead atoms. The molecule has 0 amide bonds. The van der Waals surface area contributed by atoms with E-state index in [1.807, 2.05) is 13.0 Å². The first-order valence-electron chi connectivity index (χ1n) is 7.18. The molecule has 1 aromatic carbocycles. The molecule has 2 aromatic rings. The number of hydrogen-bond acceptors (Lipinski definition) is 3. The monoisotopic (exact) mass is 268 g/mol. The fourth-order valence-corrected chi connectivity index (χ4v) is 2.88. The molecule has 0 spiro atoms. The van der Waals surface area contributed by atoms with Gasteiger partial charge in [-0.25, -0.2) is 4.98 Å². The number of pyridine rings is 1.